The van der Waals surface area contributed by atoms with Crippen molar-refractivity contribution < 1.29 is 14.7 Å². The van der Waals surface area contributed by atoms with E-state index < -0.39 is 5.97 Å². The van der Waals surface area contributed by atoms with Gasteiger partial charge in [0.15, 0.2) is 0 Å². The van der Waals surface area contributed by atoms with E-state index in [2.05, 4.69) is 19.2 Å². The van der Waals surface area contributed by atoms with Crippen molar-refractivity contribution in [2.75, 3.05) is 5.32 Å². The molecular formula is C14H17NO3. The highest BCUT2D eigenvalue weighted by Crippen LogP contribution is 2.51. The molecule has 2 rings (SSSR count). The van der Waals surface area contributed by atoms with Gasteiger partial charge >= 0.3 is 5.97 Å². The van der Waals surface area contributed by atoms with E-state index in [1.165, 1.54) is 6.07 Å². The Kier molecular flexibility index (Phi) is 2.89. The predicted molar refractivity (Wildman–Crippen MR) is 68.7 cm³/mol. The summed E-state index contributed by atoms with van der Waals surface area (Å²) in [4.78, 5) is 22.9. The van der Waals surface area contributed by atoms with Crippen LogP contribution in [0.15, 0.2) is 18.2 Å². The van der Waals surface area contributed by atoms with Gasteiger partial charge in [0.05, 0.1) is 5.56 Å². The number of carbonyl (C=O) groups is 2. The largest absolute Gasteiger partial charge is 0.478 e. The summed E-state index contributed by atoms with van der Waals surface area (Å²) >= 11 is 0. The monoisotopic (exact) mass is 247 g/mol. The number of hydrogen-bond acceptors (Lipinski definition) is 2. The van der Waals surface area contributed by atoms with E-state index in [1.807, 2.05) is 0 Å². The summed E-state index contributed by atoms with van der Waals surface area (Å²) in [6.45, 7) is 5.84. The first-order valence-electron chi connectivity index (χ1n) is 5.96. The zero-order chi connectivity index (χ0) is 13.5. The fourth-order valence-corrected chi connectivity index (χ4v) is 2.07. The van der Waals surface area contributed by atoms with Crippen molar-refractivity contribution in [3.05, 3.63) is 29.3 Å². The molecule has 0 heterocycles. The molecule has 2 N–H and O–H groups in total. The number of benzene rings is 1. The third-order valence-electron chi connectivity index (χ3n) is 3.57. The number of anilines is 1. The number of amides is 1. The molecule has 1 aromatic carbocycles. The summed E-state index contributed by atoms with van der Waals surface area (Å²) < 4.78 is 0. The summed E-state index contributed by atoms with van der Waals surface area (Å²) in [6, 6.07) is 4.94. The molecule has 96 valence electrons. The van der Waals surface area contributed by atoms with Gasteiger partial charge in [0.2, 0.25) is 5.91 Å². The van der Waals surface area contributed by atoms with Gasteiger partial charge in [0.25, 0.3) is 0 Å². The van der Waals surface area contributed by atoms with Crippen LogP contribution < -0.4 is 5.32 Å². The summed E-state index contributed by atoms with van der Waals surface area (Å²) in [5.41, 5.74) is 1.53. The molecular weight excluding hydrogens is 230 g/mol. The Labute approximate surface area is 106 Å². The van der Waals surface area contributed by atoms with Crippen LogP contribution in [0.1, 0.15) is 36.2 Å². The van der Waals surface area contributed by atoms with Crippen molar-refractivity contribution in [2.24, 2.45) is 11.3 Å². The van der Waals surface area contributed by atoms with Gasteiger partial charge in [-0.25, -0.2) is 4.79 Å². The van der Waals surface area contributed by atoms with Gasteiger partial charge in [-0.3, -0.25) is 4.79 Å². The molecule has 1 amide bonds. The summed E-state index contributed by atoms with van der Waals surface area (Å²) in [5, 5.41) is 11.8. The summed E-state index contributed by atoms with van der Waals surface area (Å²) in [7, 11) is 0. The fourth-order valence-electron chi connectivity index (χ4n) is 2.07. The van der Waals surface area contributed by atoms with E-state index in [1.54, 1.807) is 19.1 Å². The Morgan fingerprint density at radius 2 is 2.00 bits per heavy atom. The second-order valence-corrected chi connectivity index (χ2v) is 5.57. The Morgan fingerprint density at radius 3 is 2.50 bits per heavy atom. The number of carboxylic acids is 1. The zero-order valence-electron chi connectivity index (χ0n) is 10.8. The van der Waals surface area contributed by atoms with Gasteiger partial charge < -0.3 is 10.4 Å². The van der Waals surface area contributed by atoms with E-state index >= 15 is 0 Å². The van der Waals surface area contributed by atoms with Crippen molar-refractivity contribution in [3.63, 3.8) is 0 Å². The highest BCUT2D eigenvalue weighted by Gasteiger charge is 2.50. The van der Waals surface area contributed by atoms with Crippen LogP contribution in [0.3, 0.4) is 0 Å². The number of aromatic carboxylic acids is 1. The van der Waals surface area contributed by atoms with Crippen LogP contribution >= 0.6 is 0 Å². The molecule has 1 atom stereocenters. The lowest BCUT2D eigenvalue weighted by Crippen LogP contribution is -2.17. The van der Waals surface area contributed by atoms with Gasteiger partial charge in [-0.05, 0) is 36.5 Å². The van der Waals surface area contributed by atoms with Crippen molar-refractivity contribution in [1.82, 2.24) is 0 Å². The van der Waals surface area contributed by atoms with Crippen molar-refractivity contribution in [3.8, 4) is 0 Å². The standard InChI is InChI=1S/C14H17NO3/c1-8-4-5-9(6-10(8)13(17)18)15-12(16)11-7-14(11,2)3/h4-6,11H,7H2,1-3H3,(H,15,16)(H,17,18). The predicted octanol–water partition coefficient (Wildman–Crippen LogP) is 2.68. The third-order valence-corrected chi connectivity index (χ3v) is 3.57. The molecule has 1 fully saturated rings. The minimum Gasteiger partial charge on any atom is -0.478 e. The van der Waals surface area contributed by atoms with Crippen LogP contribution in [-0.2, 0) is 4.79 Å². The Morgan fingerprint density at radius 1 is 1.39 bits per heavy atom. The number of rotatable bonds is 3. The molecule has 0 aliphatic heterocycles. The zero-order valence-corrected chi connectivity index (χ0v) is 10.8. The van der Waals surface area contributed by atoms with Gasteiger partial charge in [-0.1, -0.05) is 19.9 Å². The molecule has 4 nitrogen and oxygen atoms in total. The topological polar surface area (TPSA) is 66.4 Å². The SMILES string of the molecule is Cc1ccc(NC(=O)C2CC2(C)C)cc1C(=O)O. The van der Waals surface area contributed by atoms with Crippen LogP contribution in [0.5, 0.6) is 0 Å². The fraction of sp³-hybridized carbons (Fsp3) is 0.429. The second-order valence-electron chi connectivity index (χ2n) is 5.57. The Balaban J connectivity index is 2.13. The van der Waals surface area contributed by atoms with E-state index in [4.69, 9.17) is 5.11 Å². The molecule has 1 aliphatic carbocycles. The number of aryl methyl sites for hydroxylation is 1. The van der Waals surface area contributed by atoms with Crippen LogP contribution in [0, 0.1) is 18.3 Å². The minimum atomic E-state index is -0.977. The first-order valence-corrected chi connectivity index (χ1v) is 5.96. The molecule has 1 saturated carbocycles. The summed E-state index contributed by atoms with van der Waals surface area (Å²) in [5.74, 6) is -0.970. The number of hydrogen-bond donors (Lipinski definition) is 2. The molecule has 1 aromatic rings. The van der Waals surface area contributed by atoms with E-state index in [0.717, 1.165) is 6.42 Å². The first-order chi connectivity index (χ1) is 8.31. The molecule has 0 spiro atoms. The summed E-state index contributed by atoms with van der Waals surface area (Å²) in [6.07, 6.45) is 0.885. The van der Waals surface area contributed by atoms with Gasteiger partial charge in [0, 0.05) is 11.6 Å². The lowest BCUT2D eigenvalue weighted by Gasteiger charge is -2.08. The molecule has 4 heteroatoms. The average molecular weight is 247 g/mol. The van der Waals surface area contributed by atoms with Gasteiger partial charge in [0.1, 0.15) is 0 Å². The van der Waals surface area contributed by atoms with E-state index in [-0.39, 0.29) is 22.8 Å². The maximum absolute atomic E-state index is 11.9. The smallest absolute Gasteiger partial charge is 0.336 e. The Hall–Kier alpha value is -1.84. The molecule has 0 saturated heterocycles. The number of carboxylic acid groups (broad SMARTS) is 1. The van der Waals surface area contributed by atoms with Crippen molar-refractivity contribution >= 4 is 17.6 Å². The molecule has 0 bridgehead atoms. The van der Waals surface area contributed by atoms with Crippen LogP contribution in [0.2, 0.25) is 0 Å². The van der Waals surface area contributed by atoms with Crippen LogP contribution in [-0.4, -0.2) is 17.0 Å². The van der Waals surface area contributed by atoms with Crippen LogP contribution in [0.4, 0.5) is 5.69 Å². The molecule has 0 radical (unpaired) electrons. The van der Waals surface area contributed by atoms with Crippen molar-refractivity contribution in [2.45, 2.75) is 27.2 Å². The van der Waals surface area contributed by atoms with Gasteiger partial charge in [-0.15, -0.1) is 0 Å². The number of nitrogens with one attached hydrogen (secondary N) is 1. The molecule has 18 heavy (non-hydrogen) atoms. The lowest BCUT2D eigenvalue weighted by atomic mass is 10.1. The lowest BCUT2D eigenvalue weighted by molar-refractivity contribution is -0.118. The maximum atomic E-state index is 11.9. The second kappa shape index (κ2) is 4.12. The van der Waals surface area contributed by atoms with E-state index in [9.17, 15) is 9.59 Å². The first kappa shape index (κ1) is 12.6. The molecule has 1 unspecified atom stereocenters. The minimum absolute atomic E-state index is 0.0276. The normalized spacial score (nSPS) is 20.3. The maximum Gasteiger partial charge on any atom is 0.336 e. The Bertz CT molecular complexity index is 520. The third kappa shape index (κ3) is 2.37. The molecule has 0 aromatic heterocycles. The van der Waals surface area contributed by atoms with Crippen LogP contribution in [0.25, 0.3) is 0 Å². The highest BCUT2D eigenvalue weighted by atomic mass is 16.4. The highest BCUT2D eigenvalue weighted by molar-refractivity contribution is 5.97. The molecule has 1 aliphatic rings. The van der Waals surface area contributed by atoms with Crippen molar-refractivity contribution in [1.29, 1.82) is 0 Å². The van der Waals surface area contributed by atoms with Gasteiger partial charge in [-0.2, -0.15) is 0 Å². The van der Waals surface area contributed by atoms with E-state index in [0.29, 0.717) is 11.3 Å². The average Bonchev–Trinajstić information content (AvgIpc) is 2.90. The quantitative estimate of drug-likeness (QED) is 0.863. The number of carbonyl (C=O) groups excluding carboxylic acids is 1.